The highest BCUT2D eigenvalue weighted by molar-refractivity contribution is 6.17. The summed E-state index contributed by atoms with van der Waals surface area (Å²) in [6.07, 6.45) is 3.25. The van der Waals surface area contributed by atoms with Crippen LogP contribution in [-0.4, -0.2) is 46.0 Å². The van der Waals surface area contributed by atoms with Crippen molar-refractivity contribution in [3.8, 4) is 0 Å². The third kappa shape index (κ3) is 4.17. The number of aryl methyl sites for hydroxylation is 2. The maximum Gasteiger partial charge on any atom is 0.347 e. The highest BCUT2D eigenvalue weighted by Crippen LogP contribution is 2.29. The number of carboxylic acid groups (broad SMARTS) is 2. The number of hydrogen-bond donors (Lipinski definition) is 2. The molecule has 0 amide bonds. The van der Waals surface area contributed by atoms with Crippen LogP contribution in [0.4, 0.5) is 0 Å². The van der Waals surface area contributed by atoms with Gasteiger partial charge in [-0.05, 0) is 61.1 Å². The molecule has 34 heavy (non-hydrogen) atoms. The van der Waals surface area contributed by atoms with Gasteiger partial charge in [0.25, 0.3) is 0 Å². The molecule has 174 valence electrons. The van der Waals surface area contributed by atoms with Crippen molar-refractivity contribution in [2.75, 3.05) is 0 Å². The second-order valence-electron chi connectivity index (χ2n) is 7.99. The number of unbranched alkanes of at least 4 members (excludes halogenated alkanes) is 3. The van der Waals surface area contributed by atoms with Crippen LogP contribution in [0.3, 0.4) is 0 Å². The van der Waals surface area contributed by atoms with Crippen LogP contribution in [0.2, 0.25) is 0 Å². The first-order chi connectivity index (χ1) is 16.2. The Morgan fingerprint density at radius 2 is 0.971 bits per heavy atom. The van der Waals surface area contributed by atoms with Crippen molar-refractivity contribution < 1.29 is 48.5 Å². The van der Waals surface area contributed by atoms with Crippen molar-refractivity contribution in [1.82, 2.24) is 0 Å². The summed E-state index contributed by atoms with van der Waals surface area (Å²) in [4.78, 5) is 70.3. The summed E-state index contributed by atoms with van der Waals surface area (Å²) in [6, 6.07) is 5.00. The molecular weight excluding hydrogens is 448 g/mol. The van der Waals surface area contributed by atoms with Gasteiger partial charge in [0.1, 0.15) is 0 Å². The van der Waals surface area contributed by atoms with Crippen LogP contribution in [0.15, 0.2) is 24.3 Å². The predicted octanol–water partition coefficient (Wildman–Crippen LogP) is 3.05. The quantitative estimate of drug-likeness (QED) is 0.319. The van der Waals surface area contributed by atoms with Gasteiger partial charge in [0.05, 0.1) is 33.4 Å². The van der Waals surface area contributed by atoms with Gasteiger partial charge in [0.15, 0.2) is 0 Å². The summed E-state index contributed by atoms with van der Waals surface area (Å²) >= 11 is 0. The Kier molecular flexibility index (Phi) is 5.97. The molecule has 2 aliphatic heterocycles. The van der Waals surface area contributed by atoms with Crippen LogP contribution in [0, 0.1) is 0 Å². The maximum atomic E-state index is 12.0. The molecular formula is C24H18O10. The molecule has 4 rings (SSSR count). The Bertz CT molecular complexity index is 1190. The second kappa shape index (κ2) is 8.89. The number of cyclic esters (lactones) is 4. The number of aromatic carboxylic acids is 2. The number of rotatable bonds is 9. The summed E-state index contributed by atoms with van der Waals surface area (Å²) in [5, 5.41) is 18.5. The van der Waals surface area contributed by atoms with E-state index in [2.05, 4.69) is 9.47 Å². The molecule has 0 bridgehead atoms. The van der Waals surface area contributed by atoms with E-state index in [0.29, 0.717) is 49.7 Å². The Balaban J connectivity index is 1.39. The Labute approximate surface area is 192 Å². The molecule has 0 atom stereocenters. The van der Waals surface area contributed by atoms with E-state index >= 15 is 0 Å². The highest BCUT2D eigenvalue weighted by atomic mass is 16.6. The molecule has 0 aromatic heterocycles. The molecule has 0 spiro atoms. The summed E-state index contributed by atoms with van der Waals surface area (Å²) in [6.45, 7) is 0. The number of carbonyl (C=O) groups is 6. The van der Waals surface area contributed by atoms with Crippen LogP contribution in [0.5, 0.6) is 0 Å². The monoisotopic (exact) mass is 466 g/mol. The van der Waals surface area contributed by atoms with Gasteiger partial charge in [-0.3, -0.25) is 0 Å². The molecule has 0 unspecified atom stereocenters. The molecule has 0 radical (unpaired) electrons. The lowest BCUT2D eigenvalue weighted by molar-refractivity contribution is 0.0425. The van der Waals surface area contributed by atoms with Crippen LogP contribution < -0.4 is 0 Å². The summed E-state index contributed by atoms with van der Waals surface area (Å²) in [7, 11) is 0. The summed E-state index contributed by atoms with van der Waals surface area (Å²) in [5.41, 5.74) is 0.751. The van der Waals surface area contributed by atoms with Gasteiger partial charge in [0.2, 0.25) is 0 Å². The van der Waals surface area contributed by atoms with E-state index in [9.17, 15) is 39.0 Å². The fraction of sp³-hybridized carbons (Fsp3) is 0.250. The molecule has 2 aromatic carbocycles. The van der Waals surface area contributed by atoms with E-state index in [1.807, 2.05) is 0 Å². The first kappa shape index (κ1) is 22.8. The van der Waals surface area contributed by atoms with Gasteiger partial charge in [-0.25, -0.2) is 28.8 Å². The first-order valence-electron chi connectivity index (χ1n) is 10.5. The average molecular weight is 466 g/mol. The standard InChI is InChI=1S/C24H18O10/c25-19(26)13-7-11(17-15(9-13)21(29)33-23(17)31)5-3-1-2-4-6-12-8-14(20(27)28)10-16-18(12)24(32)34-22(16)30/h7-10H,1-6H2,(H,25,26)(H,27,28). The van der Waals surface area contributed by atoms with E-state index in [4.69, 9.17) is 0 Å². The zero-order chi connectivity index (χ0) is 24.6. The maximum absolute atomic E-state index is 12.0. The molecule has 10 heteroatoms. The van der Waals surface area contributed by atoms with E-state index in [-0.39, 0.29) is 33.4 Å². The lowest BCUT2D eigenvalue weighted by atomic mass is 9.93. The SMILES string of the molecule is O=C(O)c1cc(CCCCCCc2cc(C(=O)O)cc3c2C(=O)OC3=O)c2c(c1)C(=O)OC2=O. The van der Waals surface area contributed by atoms with Crippen molar-refractivity contribution in [3.05, 3.63) is 68.8 Å². The molecule has 2 N–H and O–H groups in total. The van der Waals surface area contributed by atoms with Crippen molar-refractivity contribution in [1.29, 1.82) is 0 Å². The van der Waals surface area contributed by atoms with Crippen molar-refractivity contribution in [2.24, 2.45) is 0 Å². The molecule has 0 saturated heterocycles. The van der Waals surface area contributed by atoms with E-state index < -0.39 is 35.8 Å². The summed E-state index contributed by atoms with van der Waals surface area (Å²) in [5.74, 6) is -5.75. The van der Waals surface area contributed by atoms with Gasteiger partial charge < -0.3 is 19.7 Å². The molecule has 0 saturated carbocycles. The van der Waals surface area contributed by atoms with Crippen molar-refractivity contribution in [3.63, 3.8) is 0 Å². The second-order valence-corrected chi connectivity index (χ2v) is 7.99. The number of esters is 4. The molecule has 10 nitrogen and oxygen atoms in total. The lowest BCUT2D eigenvalue weighted by Crippen LogP contribution is -2.06. The number of carboxylic acids is 2. The smallest absolute Gasteiger partial charge is 0.347 e. The van der Waals surface area contributed by atoms with E-state index in [0.717, 1.165) is 12.1 Å². The molecule has 0 aliphatic carbocycles. The number of ether oxygens (including phenoxy) is 2. The van der Waals surface area contributed by atoms with Gasteiger partial charge in [-0.1, -0.05) is 12.8 Å². The lowest BCUT2D eigenvalue weighted by Gasteiger charge is -2.09. The zero-order valence-electron chi connectivity index (χ0n) is 17.7. The largest absolute Gasteiger partial charge is 0.478 e. The first-order valence-corrected chi connectivity index (χ1v) is 10.5. The van der Waals surface area contributed by atoms with Crippen molar-refractivity contribution >= 4 is 35.8 Å². The van der Waals surface area contributed by atoms with Crippen molar-refractivity contribution in [2.45, 2.75) is 38.5 Å². The van der Waals surface area contributed by atoms with Gasteiger partial charge in [-0.15, -0.1) is 0 Å². The number of fused-ring (bicyclic) bond motifs is 2. The van der Waals surface area contributed by atoms with Gasteiger partial charge in [-0.2, -0.15) is 0 Å². The highest BCUT2D eigenvalue weighted by Gasteiger charge is 2.34. The van der Waals surface area contributed by atoms with Crippen LogP contribution in [-0.2, 0) is 22.3 Å². The minimum absolute atomic E-state index is 0.0477. The van der Waals surface area contributed by atoms with E-state index in [1.54, 1.807) is 0 Å². The molecule has 0 fully saturated rings. The Morgan fingerprint density at radius 3 is 1.32 bits per heavy atom. The molecule has 2 aromatic rings. The van der Waals surface area contributed by atoms with Gasteiger partial charge in [0, 0.05) is 0 Å². The van der Waals surface area contributed by atoms with Crippen LogP contribution >= 0.6 is 0 Å². The topological polar surface area (TPSA) is 161 Å². The molecule has 2 aliphatic rings. The normalized spacial score (nSPS) is 14.0. The molecule has 2 heterocycles. The van der Waals surface area contributed by atoms with E-state index in [1.165, 1.54) is 12.1 Å². The third-order valence-corrected chi connectivity index (χ3v) is 5.80. The minimum atomic E-state index is -1.22. The predicted molar refractivity (Wildman–Crippen MR) is 112 cm³/mol. The van der Waals surface area contributed by atoms with Crippen LogP contribution in [0.25, 0.3) is 0 Å². The minimum Gasteiger partial charge on any atom is -0.478 e. The average Bonchev–Trinajstić information content (AvgIpc) is 3.24. The Morgan fingerprint density at radius 1 is 0.588 bits per heavy atom. The van der Waals surface area contributed by atoms with Gasteiger partial charge >= 0.3 is 35.8 Å². The number of benzene rings is 2. The van der Waals surface area contributed by atoms with Crippen LogP contribution in [0.1, 0.15) is 99.0 Å². The fourth-order valence-electron chi connectivity index (χ4n) is 4.21. The third-order valence-electron chi connectivity index (χ3n) is 5.80. The fourth-order valence-corrected chi connectivity index (χ4v) is 4.21. The number of hydrogen-bond acceptors (Lipinski definition) is 8. The Hall–Kier alpha value is -4.34. The zero-order valence-corrected chi connectivity index (χ0v) is 17.7. The number of carbonyl (C=O) groups excluding carboxylic acids is 4. The summed E-state index contributed by atoms with van der Waals surface area (Å²) < 4.78 is 9.21.